The average molecular weight is 444 g/mol. The van der Waals surface area contributed by atoms with Crippen LogP contribution in [0.4, 0.5) is 11.6 Å². The van der Waals surface area contributed by atoms with Gasteiger partial charge in [-0.3, -0.25) is 0 Å². The number of ether oxygens (including phenoxy) is 1. The molecular formula is C24H34ClN5O. The van der Waals surface area contributed by atoms with E-state index in [0.717, 1.165) is 68.0 Å². The van der Waals surface area contributed by atoms with E-state index < -0.39 is 0 Å². The summed E-state index contributed by atoms with van der Waals surface area (Å²) in [5.41, 5.74) is 7.57. The number of pyridine rings is 2. The number of rotatable bonds is 6. The first-order valence-electron chi connectivity index (χ1n) is 11.5. The summed E-state index contributed by atoms with van der Waals surface area (Å²) < 4.78 is 6.19. The van der Waals surface area contributed by atoms with E-state index >= 15 is 0 Å². The maximum atomic E-state index is 6.49. The summed E-state index contributed by atoms with van der Waals surface area (Å²) in [4.78, 5) is 9.29. The molecule has 1 aliphatic heterocycles. The van der Waals surface area contributed by atoms with Crippen molar-refractivity contribution in [1.29, 1.82) is 0 Å². The molecule has 2 atom stereocenters. The molecule has 2 aromatic rings. The number of nitrogens with zero attached hydrogens (tertiary/aromatic N) is 2. The lowest BCUT2D eigenvalue weighted by molar-refractivity contribution is -0.101. The average Bonchev–Trinajstić information content (AvgIpc) is 2.75. The van der Waals surface area contributed by atoms with Crippen LogP contribution in [0.25, 0.3) is 11.3 Å². The molecule has 31 heavy (non-hydrogen) atoms. The molecule has 0 radical (unpaired) electrons. The minimum atomic E-state index is -0.163. The predicted octanol–water partition coefficient (Wildman–Crippen LogP) is 5.24. The van der Waals surface area contributed by atoms with Crippen molar-refractivity contribution in [2.75, 3.05) is 17.2 Å². The molecule has 4 rings (SSSR count). The molecule has 168 valence electrons. The molecule has 6 nitrogen and oxygen atoms in total. The molecule has 1 saturated heterocycles. The molecule has 0 unspecified atom stereocenters. The quantitative estimate of drug-likeness (QED) is 0.566. The Morgan fingerprint density at radius 3 is 2.77 bits per heavy atom. The topological polar surface area (TPSA) is 85.1 Å². The zero-order valence-corrected chi connectivity index (χ0v) is 19.3. The highest BCUT2D eigenvalue weighted by Crippen LogP contribution is 2.31. The fourth-order valence-electron chi connectivity index (χ4n) is 4.64. The number of nitrogens with one attached hydrogen (secondary N) is 2. The third-order valence-corrected chi connectivity index (χ3v) is 6.75. The predicted molar refractivity (Wildman–Crippen MR) is 128 cm³/mol. The summed E-state index contributed by atoms with van der Waals surface area (Å²) in [5, 5.41) is 7.61. The number of anilines is 2. The van der Waals surface area contributed by atoms with Gasteiger partial charge in [-0.1, -0.05) is 17.7 Å². The lowest BCUT2D eigenvalue weighted by atomic mass is 9.92. The van der Waals surface area contributed by atoms with Gasteiger partial charge in [0.15, 0.2) is 0 Å². The minimum absolute atomic E-state index is 0.163. The van der Waals surface area contributed by atoms with Crippen molar-refractivity contribution >= 4 is 23.2 Å². The van der Waals surface area contributed by atoms with E-state index in [1.165, 1.54) is 6.42 Å². The Hall–Kier alpha value is -1.89. The van der Waals surface area contributed by atoms with Gasteiger partial charge in [0.2, 0.25) is 0 Å². The molecule has 1 aliphatic carbocycles. The molecule has 2 aromatic heterocycles. The van der Waals surface area contributed by atoms with E-state index in [1.54, 1.807) is 6.20 Å². The molecule has 0 bridgehead atoms. The number of hydrogen-bond donors (Lipinski definition) is 3. The van der Waals surface area contributed by atoms with E-state index in [-0.39, 0.29) is 5.60 Å². The third kappa shape index (κ3) is 5.88. The number of aromatic nitrogens is 2. The van der Waals surface area contributed by atoms with E-state index in [4.69, 9.17) is 27.1 Å². The normalized spacial score (nSPS) is 28.8. The Kier molecular flexibility index (Phi) is 6.99. The van der Waals surface area contributed by atoms with Crippen molar-refractivity contribution < 1.29 is 4.74 Å². The van der Waals surface area contributed by atoms with Gasteiger partial charge in [-0.05, 0) is 77.0 Å². The second-order valence-electron chi connectivity index (χ2n) is 9.34. The van der Waals surface area contributed by atoms with Gasteiger partial charge >= 0.3 is 0 Å². The van der Waals surface area contributed by atoms with Gasteiger partial charge in [-0.25, -0.2) is 9.97 Å². The highest BCUT2D eigenvalue weighted by molar-refractivity contribution is 6.33. The van der Waals surface area contributed by atoms with Crippen molar-refractivity contribution in [3.63, 3.8) is 0 Å². The summed E-state index contributed by atoms with van der Waals surface area (Å²) >= 11 is 6.49. The SMILES string of the molecule is C[C@H]1CCC[C@](C)(CNc2cccc(-c3cc(NC4CCC(N)CC4)ncc3Cl)n2)O1. The third-order valence-electron chi connectivity index (χ3n) is 6.45. The first kappa shape index (κ1) is 22.3. The highest BCUT2D eigenvalue weighted by Gasteiger charge is 2.31. The molecule has 2 aliphatic rings. The Bertz CT molecular complexity index is 886. The van der Waals surface area contributed by atoms with E-state index in [9.17, 15) is 0 Å². The minimum Gasteiger partial charge on any atom is -0.371 e. The lowest BCUT2D eigenvalue weighted by Crippen LogP contribution is -2.42. The van der Waals surface area contributed by atoms with E-state index in [0.29, 0.717) is 23.2 Å². The van der Waals surface area contributed by atoms with Gasteiger partial charge < -0.3 is 21.1 Å². The van der Waals surface area contributed by atoms with Crippen LogP contribution in [0.3, 0.4) is 0 Å². The Morgan fingerprint density at radius 2 is 2.00 bits per heavy atom. The molecule has 0 aromatic carbocycles. The molecule has 2 fully saturated rings. The second-order valence-corrected chi connectivity index (χ2v) is 9.74. The van der Waals surface area contributed by atoms with Crippen LogP contribution in [0.5, 0.6) is 0 Å². The number of halogens is 1. The van der Waals surface area contributed by atoms with Gasteiger partial charge in [-0.15, -0.1) is 0 Å². The van der Waals surface area contributed by atoms with Crippen LogP contribution in [0.1, 0.15) is 58.8 Å². The summed E-state index contributed by atoms with van der Waals surface area (Å²) in [6.45, 7) is 5.05. The zero-order valence-electron chi connectivity index (χ0n) is 18.5. The van der Waals surface area contributed by atoms with Crippen LogP contribution < -0.4 is 16.4 Å². The van der Waals surface area contributed by atoms with E-state index in [2.05, 4.69) is 29.5 Å². The Labute approximate surface area is 190 Å². The van der Waals surface area contributed by atoms with Crippen LogP contribution in [0.2, 0.25) is 5.02 Å². The maximum absolute atomic E-state index is 6.49. The fraction of sp³-hybridized carbons (Fsp3) is 0.583. The molecule has 3 heterocycles. The number of nitrogens with two attached hydrogens (primary N) is 1. The summed E-state index contributed by atoms with van der Waals surface area (Å²) in [6, 6.07) is 8.70. The van der Waals surface area contributed by atoms with E-state index in [1.807, 2.05) is 24.3 Å². The Morgan fingerprint density at radius 1 is 1.19 bits per heavy atom. The first-order chi connectivity index (χ1) is 14.9. The lowest BCUT2D eigenvalue weighted by Gasteiger charge is -2.37. The van der Waals surface area contributed by atoms with Crippen LogP contribution in [-0.2, 0) is 4.74 Å². The van der Waals surface area contributed by atoms with Crippen molar-refractivity contribution in [2.45, 2.75) is 82.6 Å². The summed E-state index contributed by atoms with van der Waals surface area (Å²) in [5.74, 6) is 1.65. The zero-order chi connectivity index (χ0) is 21.8. The van der Waals surface area contributed by atoms with Crippen molar-refractivity contribution in [3.05, 3.63) is 35.5 Å². The molecule has 7 heteroatoms. The number of hydrogen-bond acceptors (Lipinski definition) is 6. The standard InChI is InChI=1S/C24H34ClN5O/c1-16-5-4-12-24(2,31-16)15-28-22-7-3-6-21(30-22)19-13-23(27-14-20(19)25)29-18-10-8-17(26)9-11-18/h3,6-7,13-14,16-18H,4-5,8-12,15,26H2,1-2H3,(H,27,29)(H,28,30)/t16-,17?,18?,24+/m0/s1. The second kappa shape index (κ2) is 9.72. The van der Waals surface area contributed by atoms with Crippen LogP contribution in [0, 0.1) is 0 Å². The monoisotopic (exact) mass is 443 g/mol. The van der Waals surface area contributed by atoms with Gasteiger partial charge in [0.25, 0.3) is 0 Å². The summed E-state index contributed by atoms with van der Waals surface area (Å²) in [6.07, 6.45) is 9.63. The fourth-order valence-corrected chi connectivity index (χ4v) is 4.84. The van der Waals surface area contributed by atoms with Crippen molar-refractivity contribution in [2.24, 2.45) is 5.73 Å². The van der Waals surface area contributed by atoms with Crippen LogP contribution in [0.15, 0.2) is 30.5 Å². The van der Waals surface area contributed by atoms with Crippen LogP contribution >= 0.6 is 11.6 Å². The molecule has 0 amide bonds. The van der Waals surface area contributed by atoms with Crippen molar-refractivity contribution in [1.82, 2.24) is 9.97 Å². The highest BCUT2D eigenvalue weighted by atomic mass is 35.5. The largest absolute Gasteiger partial charge is 0.371 e. The van der Waals surface area contributed by atoms with Gasteiger partial charge in [-0.2, -0.15) is 0 Å². The maximum Gasteiger partial charge on any atom is 0.126 e. The Balaban J connectivity index is 1.45. The van der Waals surface area contributed by atoms with Crippen LogP contribution in [-0.4, -0.2) is 40.3 Å². The van der Waals surface area contributed by atoms with Crippen molar-refractivity contribution in [3.8, 4) is 11.3 Å². The van der Waals surface area contributed by atoms with Gasteiger partial charge in [0, 0.05) is 30.4 Å². The van der Waals surface area contributed by atoms with Gasteiger partial charge in [0.05, 0.1) is 22.4 Å². The summed E-state index contributed by atoms with van der Waals surface area (Å²) in [7, 11) is 0. The molecule has 1 saturated carbocycles. The molecule has 0 spiro atoms. The molecule has 4 N–H and O–H groups in total. The van der Waals surface area contributed by atoms with Gasteiger partial charge in [0.1, 0.15) is 11.6 Å². The molecular weight excluding hydrogens is 410 g/mol. The first-order valence-corrected chi connectivity index (χ1v) is 11.8. The smallest absolute Gasteiger partial charge is 0.126 e.